The highest BCUT2D eigenvalue weighted by molar-refractivity contribution is 7.15. The van der Waals surface area contributed by atoms with Crippen LogP contribution in [0.25, 0.3) is 0 Å². The molecule has 0 spiro atoms. The van der Waals surface area contributed by atoms with E-state index in [0.29, 0.717) is 5.92 Å². The third-order valence-electron chi connectivity index (χ3n) is 1.87. The fourth-order valence-corrected chi connectivity index (χ4v) is 2.18. The minimum Gasteiger partial charge on any atom is -0.389 e. The molecule has 0 aliphatic heterocycles. The number of thiazole rings is 1. The normalized spacial score (nSPS) is 12.5. The smallest absolute Gasteiger partial charge is 0.110 e. The Balaban J connectivity index is 3.11. The Hall–Kier alpha value is -0.570. The van der Waals surface area contributed by atoms with Crippen LogP contribution in [-0.4, -0.2) is 4.98 Å². The van der Waals surface area contributed by atoms with Crippen LogP contribution >= 0.6 is 11.3 Å². The average molecular weight is 198 g/mol. The van der Waals surface area contributed by atoms with Crippen molar-refractivity contribution in [3.8, 4) is 0 Å². The largest absolute Gasteiger partial charge is 0.389 e. The summed E-state index contributed by atoms with van der Waals surface area (Å²) >= 11 is 1.62. The van der Waals surface area contributed by atoms with Gasteiger partial charge in [0.15, 0.2) is 0 Å². The standard InChI is InChI=1S/C10H18N2S/c1-6(2)9-12-7(8(11)13-9)10(3,4)5/h6H,11H2,1-5H3. The van der Waals surface area contributed by atoms with Gasteiger partial charge in [-0.05, 0) is 0 Å². The van der Waals surface area contributed by atoms with Gasteiger partial charge in [-0.3, -0.25) is 0 Å². The highest BCUT2D eigenvalue weighted by Gasteiger charge is 2.22. The minimum absolute atomic E-state index is 0.0632. The van der Waals surface area contributed by atoms with Crippen molar-refractivity contribution in [2.24, 2.45) is 0 Å². The lowest BCUT2D eigenvalue weighted by Gasteiger charge is -2.15. The molecule has 0 aliphatic carbocycles. The zero-order valence-corrected chi connectivity index (χ0v) is 9.83. The van der Waals surface area contributed by atoms with Crippen molar-refractivity contribution in [1.82, 2.24) is 4.98 Å². The molecular formula is C10H18N2S. The first kappa shape index (κ1) is 10.5. The van der Waals surface area contributed by atoms with E-state index in [1.165, 1.54) is 0 Å². The van der Waals surface area contributed by atoms with Gasteiger partial charge in [-0.25, -0.2) is 4.98 Å². The summed E-state index contributed by atoms with van der Waals surface area (Å²) in [6, 6.07) is 0. The Morgan fingerprint density at radius 3 is 2.08 bits per heavy atom. The van der Waals surface area contributed by atoms with E-state index < -0.39 is 0 Å². The van der Waals surface area contributed by atoms with Gasteiger partial charge in [0.1, 0.15) is 5.00 Å². The Morgan fingerprint density at radius 2 is 1.85 bits per heavy atom. The van der Waals surface area contributed by atoms with Crippen LogP contribution < -0.4 is 5.73 Å². The molecule has 3 heteroatoms. The predicted octanol–water partition coefficient (Wildman–Crippen LogP) is 3.15. The predicted molar refractivity (Wildman–Crippen MR) is 59.3 cm³/mol. The lowest BCUT2D eigenvalue weighted by molar-refractivity contribution is 0.571. The zero-order valence-electron chi connectivity index (χ0n) is 9.01. The Bertz CT molecular complexity index is 294. The zero-order chi connectivity index (χ0) is 10.2. The van der Waals surface area contributed by atoms with Gasteiger partial charge in [0.2, 0.25) is 0 Å². The minimum atomic E-state index is 0.0632. The van der Waals surface area contributed by atoms with Crippen molar-refractivity contribution in [2.75, 3.05) is 5.73 Å². The molecule has 1 heterocycles. The van der Waals surface area contributed by atoms with Crippen LogP contribution in [0.3, 0.4) is 0 Å². The fourth-order valence-electron chi connectivity index (χ4n) is 1.13. The summed E-state index contributed by atoms with van der Waals surface area (Å²) in [5.74, 6) is 0.475. The van der Waals surface area contributed by atoms with Crippen LogP contribution in [0.1, 0.15) is 51.2 Å². The molecule has 0 radical (unpaired) electrons. The van der Waals surface area contributed by atoms with Gasteiger partial charge in [-0.1, -0.05) is 34.6 Å². The maximum Gasteiger partial charge on any atom is 0.110 e. The summed E-state index contributed by atoms with van der Waals surface area (Å²) < 4.78 is 0. The molecule has 0 atom stereocenters. The van der Waals surface area contributed by atoms with E-state index in [0.717, 1.165) is 15.7 Å². The maximum absolute atomic E-state index is 5.92. The second-order valence-corrected chi connectivity index (χ2v) is 5.73. The molecule has 0 aliphatic rings. The molecule has 0 saturated carbocycles. The molecule has 0 aromatic carbocycles. The van der Waals surface area contributed by atoms with Gasteiger partial charge in [0, 0.05) is 11.3 Å². The van der Waals surface area contributed by atoms with Crippen molar-refractivity contribution in [2.45, 2.75) is 46.0 Å². The first-order valence-electron chi connectivity index (χ1n) is 4.59. The molecule has 2 nitrogen and oxygen atoms in total. The molecule has 1 rings (SSSR count). The molecule has 0 bridgehead atoms. The second-order valence-electron chi connectivity index (χ2n) is 4.67. The third kappa shape index (κ3) is 2.21. The summed E-state index contributed by atoms with van der Waals surface area (Å²) in [6.07, 6.45) is 0. The third-order valence-corrected chi connectivity index (χ3v) is 3.06. The van der Waals surface area contributed by atoms with Gasteiger partial charge in [0.25, 0.3) is 0 Å². The van der Waals surface area contributed by atoms with Gasteiger partial charge >= 0.3 is 0 Å². The molecule has 0 fully saturated rings. The summed E-state index contributed by atoms with van der Waals surface area (Å²) in [5.41, 5.74) is 7.03. The van der Waals surface area contributed by atoms with Gasteiger partial charge in [-0.15, -0.1) is 11.3 Å². The SMILES string of the molecule is CC(C)c1nc(C(C)(C)C)c(N)s1. The number of aromatic nitrogens is 1. The molecule has 0 unspecified atom stereocenters. The number of hydrogen-bond donors (Lipinski definition) is 1. The Kier molecular flexibility index (Phi) is 2.66. The van der Waals surface area contributed by atoms with Crippen molar-refractivity contribution < 1.29 is 0 Å². The summed E-state index contributed by atoms with van der Waals surface area (Å²) in [7, 11) is 0. The number of anilines is 1. The van der Waals surface area contributed by atoms with Crippen LogP contribution in [0.4, 0.5) is 5.00 Å². The highest BCUT2D eigenvalue weighted by atomic mass is 32.1. The molecule has 1 aromatic heterocycles. The van der Waals surface area contributed by atoms with E-state index in [9.17, 15) is 0 Å². The molecular weight excluding hydrogens is 180 g/mol. The molecule has 74 valence electrons. The van der Waals surface area contributed by atoms with E-state index >= 15 is 0 Å². The number of nitrogen functional groups attached to an aromatic ring is 1. The van der Waals surface area contributed by atoms with Crippen molar-refractivity contribution in [3.63, 3.8) is 0 Å². The van der Waals surface area contributed by atoms with E-state index in [1.807, 2.05) is 0 Å². The lowest BCUT2D eigenvalue weighted by Crippen LogP contribution is -2.13. The topological polar surface area (TPSA) is 38.9 Å². The van der Waals surface area contributed by atoms with Crippen molar-refractivity contribution >= 4 is 16.3 Å². The van der Waals surface area contributed by atoms with E-state index in [4.69, 9.17) is 5.73 Å². The highest BCUT2D eigenvalue weighted by Crippen LogP contribution is 2.34. The summed E-state index contributed by atoms with van der Waals surface area (Å²) in [5, 5.41) is 2.01. The fraction of sp³-hybridized carbons (Fsp3) is 0.700. The Morgan fingerprint density at radius 1 is 1.31 bits per heavy atom. The number of nitrogens with two attached hydrogens (primary N) is 1. The maximum atomic E-state index is 5.92. The quantitative estimate of drug-likeness (QED) is 0.753. The van der Waals surface area contributed by atoms with Gasteiger partial charge in [-0.2, -0.15) is 0 Å². The van der Waals surface area contributed by atoms with Crippen LogP contribution in [0.2, 0.25) is 0 Å². The number of nitrogens with zero attached hydrogens (tertiary/aromatic N) is 1. The van der Waals surface area contributed by atoms with Crippen LogP contribution in [0.5, 0.6) is 0 Å². The number of hydrogen-bond acceptors (Lipinski definition) is 3. The molecule has 0 saturated heterocycles. The van der Waals surface area contributed by atoms with E-state index in [1.54, 1.807) is 11.3 Å². The van der Waals surface area contributed by atoms with Crippen LogP contribution in [0.15, 0.2) is 0 Å². The van der Waals surface area contributed by atoms with Gasteiger partial charge < -0.3 is 5.73 Å². The summed E-state index contributed by atoms with van der Waals surface area (Å²) in [6.45, 7) is 10.7. The number of rotatable bonds is 1. The van der Waals surface area contributed by atoms with E-state index in [-0.39, 0.29) is 5.41 Å². The first-order chi connectivity index (χ1) is 5.82. The average Bonchev–Trinajstić information content (AvgIpc) is 2.29. The van der Waals surface area contributed by atoms with Crippen molar-refractivity contribution in [1.29, 1.82) is 0 Å². The molecule has 2 N–H and O–H groups in total. The van der Waals surface area contributed by atoms with E-state index in [2.05, 4.69) is 39.6 Å². The molecule has 1 aromatic rings. The Labute approximate surface area is 84.2 Å². The van der Waals surface area contributed by atoms with Crippen LogP contribution in [-0.2, 0) is 5.41 Å². The monoisotopic (exact) mass is 198 g/mol. The first-order valence-corrected chi connectivity index (χ1v) is 5.40. The second kappa shape index (κ2) is 3.29. The van der Waals surface area contributed by atoms with Crippen LogP contribution in [0, 0.1) is 0 Å². The van der Waals surface area contributed by atoms with Crippen molar-refractivity contribution in [3.05, 3.63) is 10.7 Å². The molecule has 0 amide bonds. The lowest BCUT2D eigenvalue weighted by atomic mass is 9.92. The summed E-state index contributed by atoms with van der Waals surface area (Å²) in [4.78, 5) is 4.57. The molecule has 13 heavy (non-hydrogen) atoms. The van der Waals surface area contributed by atoms with Gasteiger partial charge in [0.05, 0.1) is 10.7 Å².